The first-order valence-electron chi connectivity index (χ1n) is 20.7. The number of alkyl carbamates (subject to hydrolysis) is 1. The van der Waals surface area contributed by atoms with Crippen molar-refractivity contribution in [2.45, 2.75) is 120 Å². The van der Waals surface area contributed by atoms with Gasteiger partial charge in [0.2, 0.25) is 27.7 Å². The minimum atomic E-state index is -3.98. The molecule has 3 fully saturated rings. The summed E-state index contributed by atoms with van der Waals surface area (Å²) in [6.07, 6.45) is 5.59. The van der Waals surface area contributed by atoms with Crippen molar-refractivity contribution in [3.05, 3.63) is 36.5 Å². The summed E-state index contributed by atoms with van der Waals surface area (Å²) < 4.78 is 85.1. The van der Waals surface area contributed by atoms with Crippen molar-refractivity contribution >= 4 is 44.6 Å². The van der Waals surface area contributed by atoms with Gasteiger partial charge in [0.1, 0.15) is 41.8 Å². The molecule has 0 bridgehead atoms. The standard InChI is InChI=1S/C42H57F2N5O11S/c1-24-10-8-9-11-26-21-42(26,38(52)48-61(54,55)29-13-14-29)47-35(50)32-20-28(59-36-30-15-12-27(57-7)19-31(30)33(22-45-36)58-17-16-56-6)23-49(32)37(51)34(25(2)18-24)46-39(53)60-40(3,4)41(5,43)44/h9,11-12,15,19,22,24-26,28-29,32,34H,8,10,13-14,16-18,20-21,23H2,1-7H3,(H,46,53)(H,47,50)(H,48,52)/b11-9-/t24-,25-,26?,28-,32+,34+,42-/m1/s1. The number of alkyl halides is 2. The van der Waals surface area contributed by atoms with Gasteiger partial charge in [-0.05, 0) is 82.4 Å². The zero-order valence-corrected chi connectivity index (χ0v) is 36.4. The molecule has 6 rings (SSSR count). The number of hydrogen-bond acceptors (Lipinski definition) is 12. The van der Waals surface area contributed by atoms with Crippen molar-refractivity contribution in [1.29, 1.82) is 0 Å². The molecule has 4 amide bonds. The predicted molar refractivity (Wildman–Crippen MR) is 219 cm³/mol. The first kappa shape index (κ1) is 45.7. The van der Waals surface area contributed by atoms with Crippen LogP contribution in [0.15, 0.2) is 36.5 Å². The van der Waals surface area contributed by atoms with Crippen LogP contribution in [0, 0.1) is 17.8 Å². The van der Waals surface area contributed by atoms with Crippen molar-refractivity contribution in [1.82, 2.24) is 25.2 Å². The Morgan fingerprint density at radius 3 is 2.46 bits per heavy atom. The number of aromatic nitrogens is 1. The van der Waals surface area contributed by atoms with Crippen LogP contribution in [0.5, 0.6) is 17.4 Å². The van der Waals surface area contributed by atoms with Gasteiger partial charge in [-0.1, -0.05) is 26.0 Å². The zero-order valence-electron chi connectivity index (χ0n) is 35.6. The highest BCUT2D eigenvalue weighted by atomic mass is 32.2. The Morgan fingerprint density at radius 2 is 1.79 bits per heavy atom. The highest BCUT2D eigenvalue weighted by Gasteiger charge is 2.62. The van der Waals surface area contributed by atoms with Crippen molar-refractivity contribution in [2.75, 3.05) is 34.0 Å². The average molecular weight is 878 g/mol. The molecule has 1 aromatic carbocycles. The summed E-state index contributed by atoms with van der Waals surface area (Å²) in [5.41, 5.74) is -3.85. The summed E-state index contributed by atoms with van der Waals surface area (Å²) in [4.78, 5) is 62.5. The van der Waals surface area contributed by atoms with Crippen LogP contribution >= 0.6 is 0 Å². The number of halogens is 2. The monoisotopic (exact) mass is 877 g/mol. The van der Waals surface area contributed by atoms with Gasteiger partial charge in [0, 0.05) is 37.1 Å². The van der Waals surface area contributed by atoms with Gasteiger partial charge in [0.05, 0.1) is 31.7 Å². The number of nitrogens with one attached hydrogen (secondary N) is 3. The van der Waals surface area contributed by atoms with Gasteiger partial charge in [-0.15, -0.1) is 0 Å². The molecular formula is C42H57F2N5O11S. The van der Waals surface area contributed by atoms with E-state index in [9.17, 15) is 36.4 Å². The SMILES string of the molecule is COCCOc1cnc(O[C@@H]2C[C@H]3C(=O)N[C@]4(C(=O)NS(=O)(=O)C5CC5)CC4/C=C\CC[C@@H](C)C[C@@H](C)[C@H](NC(=O)OC(C)(C)C(C)(F)F)C(=O)N3C2)c2ccc(OC)cc12. The topological polar surface area (TPSA) is 201 Å². The lowest BCUT2D eigenvalue weighted by Gasteiger charge is -2.35. The molecule has 2 aliphatic carbocycles. The Morgan fingerprint density at radius 1 is 1.05 bits per heavy atom. The van der Waals surface area contributed by atoms with Crippen LogP contribution in [0.4, 0.5) is 13.6 Å². The van der Waals surface area contributed by atoms with Crippen LogP contribution in [0.2, 0.25) is 0 Å². The van der Waals surface area contributed by atoms with E-state index in [4.69, 9.17) is 23.7 Å². The van der Waals surface area contributed by atoms with Gasteiger partial charge in [-0.25, -0.2) is 27.0 Å². The molecule has 3 N–H and O–H groups in total. The molecule has 1 unspecified atom stereocenters. The number of carbonyl (C=O) groups excluding carboxylic acids is 4. The number of hydrogen-bond donors (Lipinski definition) is 3. The molecule has 1 saturated heterocycles. The van der Waals surface area contributed by atoms with Gasteiger partial charge in [-0.2, -0.15) is 0 Å². The first-order chi connectivity index (χ1) is 28.7. The molecule has 2 aromatic rings. The third-order valence-electron chi connectivity index (χ3n) is 12.1. The van der Waals surface area contributed by atoms with Crippen molar-refractivity contribution in [2.24, 2.45) is 17.8 Å². The number of nitrogens with zero attached hydrogens (tertiary/aromatic N) is 2. The minimum absolute atomic E-state index is 0.00917. The van der Waals surface area contributed by atoms with Crippen molar-refractivity contribution in [3.63, 3.8) is 0 Å². The number of allylic oxidation sites excluding steroid dienone is 1. The lowest BCUT2D eigenvalue weighted by Crippen LogP contribution is -2.59. The summed E-state index contributed by atoms with van der Waals surface area (Å²) in [5.74, 6) is -5.69. The highest BCUT2D eigenvalue weighted by Crippen LogP contribution is 2.46. The Balaban J connectivity index is 1.36. The second kappa shape index (κ2) is 17.9. The van der Waals surface area contributed by atoms with E-state index >= 15 is 0 Å². The predicted octanol–water partition coefficient (Wildman–Crippen LogP) is 4.64. The Bertz CT molecular complexity index is 2130. The van der Waals surface area contributed by atoms with Crippen molar-refractivity contribution in [3.8, 4) is 17.4 Å². The lowest BCUT2D eigenvalue weighted by molar-refractivity contribution is -0.152. The number of amides is 4. The maximum Gasteiger partial charge on any atom is 0.408 e. The molecule has 7 atom stereocenters. The Hall–Kier alpha value is -4.78. The molecule has 19 heteroatoms. The summed E-state index contributed by atoms with van der Waals surface area (Å²) in [6, 6.07) is 2.58. The average Bonchev–Trinajstić information content (AvgIpc) is 4.12. The summed E-state index contributed by atoms with van der Waals surface area (Å²) >= 11 is 0. The van der Waals surface area contributed by atoms with E-state index in [0.29, 0.717) is 67.9 Å². The summed E-state index contributed by atoms with van der Waals surface area (Å²) in [7, 11) is -0.902. The zero-order chi connectivity index (χ0) is 44.5. The van der Waals surface area contributed by atoms with E-state index in [1.165, 1.54) is 18.2 Å². The van der Waals surface area contributed by atoms with Crippen LogP contribution in [-0.2, 0) is 33.9 Å². The van der Waals surface area contributed by atoms with Crippen LogP contribution in [0.3, 0.4) is 0 Å². The molecular weight excluding hydrogens is 821 g/mol. The largest absolute Gasteiger partial charge is 0.497 e. The molecule has 0 radical (unpaired) electrons. The third-order valence-corrected chi connectivity index (χ3v) is 14.0. The fraction of sp³-hybridized carbons (Fsp3) is 0.643. The second-order valence-corrected chi connectivity index (χ2v) is 19.3. The van der Waals surface area contributed by atoms with E-state index in [0.717, 1.165) is 13.8 Å². The van der Waals surface area contributed by atoms with Gasteiger partial charge >= 0.3 is 6.09 Å². The molecule has 1 aromatic heterocycles. The van der Waals surface area contributed by atoms with Crippen molar-refractivity contribution < 1.29 is 60.1 Å². The van der Waals surface area contributed by atoms with Crippen LogP contribution < -0.4 is 29.6 Å². The fourth-order valence-electron chi connectivity index (χ4n) is 7.87. The molecule has 2 aliphatic heterocycles. The molecule has 2 saturated carbocycles. The fourth-order valence-corrected chi connectivity index (χ4v) is 9.24. The molecule has 0 spiro atoms. The molecule has 61 heavy (non-hydrogen) atoms. The van der Waals surface area contributed by atoms with E-state index in [1.807, 2.05) is 19.1 Å². The molecule has 3 heterocycles. The molecule has 16 nitrogen and oxygen atoms in total. The molecule has 4 aliphatic rings. The maximum absolute atomic E-state index is 14.9. The van der Waals surface area contributed by atoms with Gasteiger partial charge in [-0.3, -0.25) is 19.1 Å². The minimum Gasteiger partial charge on any atom is -0.497 e. The van der Waals surface area contributed by atoms with E-state index in [1.54, 1.807) is 32.2 Å². The normalized spacial score (nSPS) is 28.0. The Kier molecular flexibility index (Phi) is 13.4. The van der Waals surface area contributed by atoms with Crippen LogP contribution in [0.1, 0.15) is 79.6 Å². The summed E-state index contributed by atoms with van der Waals surface area (Å²) in [6.45, 7) is 6.85. The van der Waals surface area contributed by atoms with E-state index in [-0.39, 0.29) is 37.8 Å². The number of pyridine rings is 1. The smallest absolute Gasteiger partial charge is 0.408 e. The number of methoxy groups -OCH3 is 2. The highest BCUT2D eigenvalue weighted by molar-refractivity contribution is 7.91. The third kappa shape index (κ3) is 10.3. The number of carbonyl (C=O) groups is 4. The van der Waals surface area contributed by atoms with Crippen LogP contribution in [-0.4, -0.2) is 117 Å². The number of sulfonamides is 1. The first-order valence-corrected chi connectivity index (χ1v) is 22.2. The lowest BCUT2D eigenvalue weighted by atomic mass is 9.88. The second-order valence-electron chi connectivity index (χ2n) is 17.3. The number of benzene rings is 1. The maximum atomic E-state index is 14.9. The quantitative estimate of drug-likeness (QED) is 0.186. The van der Waals surface area contributed by atoms with Gasteiger partial charge < -0.3 is 39.2 Å². The van der Waals surface area contributed by atoms with Gasteiger partial charge in [0.15, 0.2) is 5.60 Å². The van der Waals surface area contributed by atoms with Crippen LogP contribution in [0.25, 0.3) is 10.8 Å². The molecule has 336 valence electrons. The number of ether oxygens (including phenoxy) is 5. The van der Waals surface area contributed by atoms with E-state index < -0.39 is 86.2 Å². The van der Waals surface area contributed by atoms with E-state index in [2.05, 4.69) is 20.3 Å². The van der Waals surface area contributed by atoms with Gasteiger partial charge in [0.25, 0.3) is 11.8 Å². The summed E-state index contributed by atoms with van der Waals surface area (Å²) in [5, 5.41) is 5.83. The Labute approximate surface area is 354 Å². The number of fused-ring (bicyclic) bond motifs is 3. The number of rotatable bonds is 13.